The number of carbonyl (C=O) groups excluding carboxylic acids is 2. The van der Waals surface area contributed by atoms with E-state index in [2.05, 4.69) is 5.32 Å². The topological polar surface area (TPSA) is 107 Å². The van der Waals surface area contributed by atoms with E-state index in [0.717, 1.165) is 57.8 Å². The molecule has 0 bridgehead atoms. The number of unbranched alkanes of at least 4 members (excludes halogenated alkanes) is 3. The molecule has 0 radical (unpaired) electrons. The maximum Gasteiger partial charge on any atom is 0.324 e. The predicted octanol–water partition coefficient (Wildman–Crippen LogP) is 2.81. The van der Waals surface area contributed by atoms with E-state index in [9.17, 15) is 19.5 Å². The second kappa shape index (κ2) is 9.90. The molecule has 2 aliphatic rings. The van der Waals surface area contributed by atoms with Gasteiger partial charge in [-0.3, -0.25) is 14.9 Å². The van der Waals surface area contributed by atoms with Crippen molar-refractivity contribution in [3.8, 4) is 0 Å². The number of rotatable bonds is 10. The summed E-state index contributed by atoms with van der Waals surface area (Å²) in [7, 11) is 0. The van der Waals surface area contributed by atoms with Gasteiger partial charge in [-0.05, 0) is 32.1 Å². The average molecular weight is 368 g/mol. The van der Waals surface area contributed by atoms with Gasteiger partial charge in [0.1, 0.15) is 6.04 Å². The maximum atomic E-state index is 12.1. The van der Waals surface area contributed by atoms with Crippen LogP contribution < -0.4 is 5.32 Å². The Hall–Kier alpha value is -1.63. The van der Waals surface area contributed by atoms with Crippen molar-refractivity contribution in [1.29, 1.82) is 0 Å². The second-order valence-corrected chi connectivity index (χ2v) is 7.74. The van der Waals surface area contributed by atoms with E-state index in [4.69, 9.17) is 5.11 Å². The summed E-state index contributed by atoms with van der Waals surface area (Å²) in [5.41, 5.74) is -0.718. The van der Waals surface area contributed by atoms with Gasteiger partial charge in [-0.1, -0.05) is 44.9 Å². The third-order valence-corrected chi connectivity index (χ3v) is 5.64. The van der Waals surface area contributed by atoms with Crippen molar-refractivity contribution >= 4 is 17.9 Å². The minimum atomic E-state index is -0.784. The molecule has 1 atom stereocenters. The van der Waals surface area contributed by atoms with E-state index in [1.807, 2.05) is 0 Å². The van der Waals surface area contributed by atoms with Crippen LogP contribution in [-0.2, 0) is 9.59 Å². The molecule has 7 nitrogen and oxygen atoms in total. The van der Waals surface area contributed by atoms with Gasteiger partial charge in [0, 0.05) is 13.0 Å². The fourth-order valence-corrected chi connectivity index (χ4v) is 4.02. The largest absolute Gasteiger partial charge is 0.481 e. The number of amides is 3. The van der Waals surface area contributed by atoms with Crippen LogP contribution in [0.2, 0.25) is 0 Å². The molecule has 2 rings (SSSR count). The van der Waals surface area contributed by atoms with Crippen LogP contribution >= 0.6 is 0 Å². The molecular weight excluding hydrogens is 336 g/mol. The van der Waals surface area contributed by atoms with E-state index in [1.165, 1.54) is 0 Å². The van der Waals surface area contributed by atoms with Crippen molar-refractivity contribution in [3.05, 3.63) is 0 Å². The maximum absolute atomic E-state index is 12.1. The van der Waals surface area contributed by atoms with Gasteiger partial charge in [0.05, 0.1) is 5.60 Å². The molecule has 1 saturated heterocycles. The lowest BCUT2D eigenvalue weighted by Crippen LogP contribution is -2.40. The van der Waals surface area contributed by atoms with Crippen LogP contribution in [0.15, 0.2) is 0 Å². The number of nitrogens with one attached hydrogen (secondary N) is 1. The number of carbonyl (C=O) groups is 3. The Balaban J connectivity index is 1.78. The lowest BCUT2D eigenvalue weighted by molar-refractivity contribution is -0.137. The molecule has 0 aromatic rings. The van der Waals surface area contributed by atoms with Crippen LogP contribution in [0.1, 0.15) is 83.5 Å². The highest BCUT2D eigenvalue weighted by Gasteiger charge is 2.39. The fraction of sp³-hybridized carbons (Fsp3) is 0.842. The van der Waals surface area contributed by atoms with Crippen molar-refractivity contribution < 1.29 is 24.6 Å². The number of hydrogen-bond acceptors (Lipinski definition) is 4. The number of carboxylic acid groups (broad SMARTS) is 1. The summed E-state index contributed by atoms with van der Waals surface area (Å²) in [4.78, 5) is 36.2. The van der Waals surface area contributed by atoms with Crippen LogP contribution in [0, 0.1) is 0 Å². The van der Waals surface area contributed by atoms with Crippen LogP contribution in [0.5, 0.6) is 0 Å². The molecule has 3 amide bonds. The van der Waals surface area contributed by atoms with Gasteiger partial charge < -0.3 is 15.1 Å². The standard InChI is InChI=1S/C19H32N2O5/c22-16(23)10-6-2-1-5-9-15-17(24)20-18(25)21(15)14-13-19(26)11-7-3-4-8-12-19/h15,26H,1-14H2,(H,22,23)(H,20,24,25)/t15-/m0/s1. The molecule has 0 unspecified atom stereocenters. The van der Waals surface area contributed by atoms with E-state index in [-0.39, 0.29) is 18.4 Å². The Labute approximate surface area is 155 Å². The summed E-state index contributed by atoms with van der Waals surface area (Å²) in [6, 6.07) is -0.820. The summed E-state index contributed by atoms with van der Waals surface area (Å²) < 4.78 is 0. The predicted molar refractivity (Wildman–Crippen MR) is 96.6 cm³/mol. The Morgan fingerprint density at radius 2 is 1.73 bits per heavy atom. The third kappa shape index (κ3) is 6.27. The van der Waals surface area contributed by atoms with Crippen LogP contribution in [-0.4, -0.2) is 51.2 Å². The molecule has 2 fully saturated rings. The summed E-state index contributed by atoms with van der Waals surface area (Å²) in [5, 5.41) is 21.8. The molecule has 1 heterocycles. The number of hydrogen-bond donors (Lipinski definition) is 3. The lowest BCUT2D eigenvalue weighted by atomic mass is 9.90. The SMILES string of the molecule is O=C(O)CCCCCC[C@H]1C(=O)NC(=O)N1CCC1(O)CCCCCC1. The average Bonchev–Trinajstić information content (AvgIpc) is 2.73. The van der Waals surface area contributed by atoms with E-state index in [1.54, 1.807) is 4.90 Å². The van der Waals surface area contributed by atoms with Gasteiger partial charge in [0.25, 0.3) is 5.91 Å². The van der Waals surface area contributed by atoms with Gasteiger partial charge >= 0.3 is 12.0 Å². The molecule has 148 valence electrons. The normalized spacial score (nSPS) is 23.0. The molecule has 0 aromatic heterocycles. The zero-order valence-corrected chi connectivity index (χ0v) is 15.5. The molecular formula is C19H32N2O5. The molecule has 0 spiro atoms. The van der Waals surface area contributed by atoms with E-state index in [0.29, 0.717) is 25.8 Å². The molecule has 1 saturated carbocycles. The summed E-state index contributed by atoms with van der Waals surface area (Å²) in [6.07, 6.45) is 10.2. The first kappa shape index (κ1) is 20.7. The Morgan fingerprint density at radius 1 is 1.08 bits per heavy atom. The van der Waals surface area contributed by atoms with Crippen molar-refractivity contribution in [3.63, 3.8) is 0 Å². The van der Waals surface area contributed by atoms with E-state index < -0.39 is 17.6 Å². The van der Waals surface area contributed by atoms with Gasteiger partial charge in [-0.15, -0.1) is 0 Å². The lowest BCUT2D eigenvalue weighted by Gasteiger charge is -2.30. The van der Waals surface area contributed by atoms with Crippen molar-refractivity contribution in [1.82, 2.24) is 10.2 Å². The molecule has 1 aliphatic heterocycles. The van der Waals surface area contributed by atoms with Crippen LogP contribution in [0.4, 0.5) is 4.79 Å². The molecule has 7 heteroatoms. The molecule has 1 aliphatic carbocycles. The Bertz CT molecular complexity index is 500. The smallest absolute Gasteiger partial charge is 0.324 e. The van der Waals surface area contributed by atoms with Crippen molar-refractivity contribution in [2.45, 2.75) is 95.1 Å². The number of aliphatic carboxylic acids is 1. The number of urea groups is 1. The van der Waals surface area contributed by atoms with Crippen molar-refractivity contribution in [2.24, 2.45) is 0 Å². The summed E-state index contributed by atoms with van der Waals surface area (Å²) in [6.45, 7) is 0.401. The van der Waals surface area contributed by atoms with Gasteiger partial charge in [0.15, 0.2) is 0 Å². The van der Waals surface area contributed by atoms with Crippen LogP contribution in [0.3, 0.4) is 0 Å². The summed E-state index contributed by atoms with van der Waals surface area (Å²) >= 11 is 0. The molecule has 3 N–H and O–H groups in total. The minimum Gasteiger partial charge on any atom is -0.481 e. The van der Waals surface area contributed by atoms with Crippen LogP contribution in [0.25, 0.3) is 0 Å². The van der Waals surface area contributed by atoms with Crippen molar-refractivity contribution in [2.75, 3.05) is 6.54 Å². The third-order valence-electron chi connectivity index (χ3n) is 5.64. The Kier molecular flexibility index (Phi) is 7.87. The Morgan fingerprint density at radius 3 is 2.38 bits per heavy atom. The number of imide groups is 1. The minimum absolute atomic E-state index is 0.174. The number of aliphatic hydroxyl groups is 1. The highest BCUT2D eigenvalue weighted by molar-refractivity contribution is 6.04. The second-order valence-electron chi connectivity index (χ2n) is 7.74. The fourth-order valence-electron chi connectivity index (χ4n) is 4.02. The highest BCUT2D eigenvalue weighted by atomic mass is 16.4. The first-order valence-electron chi connectivity index (χ1n) is 9.97. The van der Waals surface area contributed by atoms with Gasteiger partial charge in [-0.25, -0.2) is 4.79 Å². The first-order chi connectivity index (χ1) is 12.4. The first-order valence-corrected chi connectivity index (χ1v) is 9.97. The number of nitrogens with zero attached hydrogens (tertiary/aromatic N) is 1. The molecule has 0 aromatic carbocycles. The zero-order chi connectivity index (χ0) is 19.0. The van der Waals surface area contributed by atoms with Gasteiger partial charge in [0.2, 0.25) is 0 Å². The van der Waals surface area contributed by atoms with E-state index >= 15 is 0 Å². The molecule has 26 heavy (non-hydrogen) atoms. The number of carboxylic acids is 1. The highest BCUT2D eigenvalue weighted by Crippen LogP contribution is 2.30. The zero-order valence-electron chi connectivity index (χ0n) is 15.5. The monoisotopic (exact) mass is 368 g/mol. The van der Waals surface area contributed by atoms with Gasteiger partial charge in [-0.2, -0.15) is 0 Å². The quantitative estimate of drug-likeness (QED) is 0.312. The summed E-state index contributed by atoms with van der Waals surface area (Å²) in [5.74, 6) is -1.04.